The van der Waals surface area contributed by atoms with Crippen molar-refractivity contribution in [2.75, 3.05) is 52.5 Å². The Labute approximate surface area is 390 Å². The predicted octanol–water partition coefficient (Wildman–Crippen LogP) is 8.96. The van der Waals surface area contributed by atoms with Crippen molar-refractivity contribution >= 4 is 56.0 Å². The number of H-pyrrole nitrogens is 1. The van der Waals surface area contributed by atoms with Crippen molar-refractivity contribution in [3.8, 4) is 11.6 Å². The first-order chi connectivity index (χ1) is 32.3. The van der Waals surface area contributed by atoms with Crippen LogP contribution in [0.15, 0.2) is 91.6 Å². The van der Waals surface area contributed by atoms with Crippen LogP contribution in [0.4, 0.5) is 0 Å². The van der Waals surface area contributed by atoms with E-state index < -0.39 is 0 Å². The molecule has 0 aliphatic carbocycles. The minimum Gasteiger partial charge on any atom is -0.494 e. The summed E-state index contributed by atoms with van der Waals surface area (Å²) in [6, 6.07) is 18.6. The zero-order chi connectivity index (χ0) is 46.1. The summed E-state index contributed by atoms with van der Waals surface area (Å²) in [6.45, 7) is 9.39. The van der Waals surface area contributed by atoms with E-state index in [9.17, 15) is 19.2 Å². The number of fused-ring (bicyclic) bond motifs is 2. The zero-order valence-electron chi connectivity index (χ0n) is 38.1. The zero-order valence-corrected chi connectivity index (χ0v) is 39.0. The number of piperidine rings is 2. The lowest BCUT2D eigenvalue weighted by Crippen LogP contribution is -2.38. The molecule has 6 aromatic rings. The summed E-state index contributed by atoms with van der Waals surface area (Å²) in [7, 11) is 0. The van der Waals surface area contributed by atoms with Crippen molar-refractivity contribution in [1.82, 2.24) is 40.4 Å². The number of nitrogens with one attached hydrogen (secondary N) is 3. The highest BCUT2D eigenvalue weighted by Gasteiger charge is 2.26. The fraction of sp³-hybridized carbons (Fsp3) is 0.431. The number of carbonyl (C=O) groups excluding carboxylic acids is 4. The quantitative estimate of drug-likeness (QED) is 0.0712. The number of likely N-dealkylation sites (tertiary alicyclic amines) is 2. The highest BCUT2D eigenvalue weighted by atomic mass is 32.1. The first-order valence-corrected chi connectivity index (χ1v) is 24.3. The highest BCUT2D eigenvalue weighted by molar-refractivity contribution is 7.20. The Morgan fingerprint density at radius 2 is 1.36 bits per heavy atom. The van der Waals surface area contributed by atoms with Crippen molar-refractivity contribution in [3.05, 3.63) is 113 Å². The molecule has 14 nitrogen and oxygen atoms in total. The maximum absolute atomic E-state index is 12.9. The fourth-order valence-corrected chi connectivity index (χ4v) is 9.63. The van der Waals surface area contributed by atoms with Crippen LogP contribution in [0.1, 0.15) is 119 Å². The van der Waals surface area contributed by atoms with Crippen LogP contribution in [0, 0.1) is 11.8 Å². The second kappa shape index (κ2) is 24.3. The minimum atomic E-state index is -0.0774. The van der Waals surface area contributed by atoms with Crippen LogP contribution in [0.5, 0.6) is 11.6 Å². The van der Waals surface area contributed by atoms with E-state index in [0.29, 0.717) is 60.8 Å². The number of ether oxygens (including phenoxy) is 2. The molecule has 2 fully saturated rings. The number of unbranched alkanes of at least 4 members (excludes halogenated alkanes) is 2. The molecule has 4 amide bonds. The van der Waals surface area contributed by atoms with Gasteiger partial charge >= 0.3 is 0 Å². The third kappa shape index (κ3) is 13.1. The summed E-state index contributed by atoms with van der Waals surface area (Å²) in [4.78, 5) is 70.6. The van der Waals surface area contributed by atoms with Crippen molar-refractivity contribution in [3.63, 3.8) is 0 Å². The van der Waals surface area contributed by atoms with Crippen molar-refractivity contribution in [2.45, 2.75) is 78.1 Å². The number of rotatable bonds is 18. The lowest BCUT2D eigenvalue weighted by molar-refractivity contribution is 0.0675. The van der Waals surface area contributed by atoms with Crippen LogP contribution >= 0.6 is 11.3 Å². The van der Waals surface area contributed by atoms with Gasteiger partial charge in [-0.25, -0.2) is 4.98 Å². The predicted molar refractivity (Wildman–Crippen MR) is 258 cm³/mol. The van der Waals surface area contributed by atoms with Crippen molar-refractivity contribution < 1.29 is 28.7 Å². The fourth-order valence-electron chi connectivity index (χ4n) is 8.69. The number of aromatic amines is 1. The smallest absolute Gasteiger partial charge is 0.267 e. The van der Waals surface area contributed by atoms with Gasteiger partial charge in [-0.3, -0.25) is 29.1 Å². The molecule has 0 radical (unpaired) electrons. The second-order valence-electron chi connectivity index (χ2n) is 16.9. The van der Waals surface area contributed by atoms with Crippen LogP contribution in [0.2, 0.25) is 0 Å². The Kier molecular flexibility index (Phi) is 17.5. The monoisotopic (exact) mass is 914 g/mol. The van der Waals surface area contributed by atoms with Gasteiger partial charge in [0.05, 0.1) is 22.8 Å². The van der Waals surface area contributed by atoms with E-state index >= 15 is 0 Å². The van der Waals surface area contributed by atoms with E-state index in [1.807, 2.05) is 72.2 Å². The summed E-state index contributed by atoms with van der Waals surface area (Å²) >= 11 is 1.48. The highest BCUT2D eigenvalue weighted by Crippen LogP contribution is 2.28. The van der Waals surface area contributed by atoms with Crippen molar-refractivity contribution in [2.24, 2.45) is 11.8 Å². The molecule has 0 unspecified atom stereocenters. The maximum atomic E-state index is 12.9. The number of benzene rings is 1. The normalized spacial score (nSPS) is 14.4. The summed E-state index contributed by atoms with van der Waals surface area (Å²) in [5, 5.41) is 8.03. The molecule has 3 N–H and O–H groups in total. The number of hydrogen-bond acceptors (Lipinski definition) is 10. The van der Waals surface area contributed by atoms with E-state index in [0.717, 1.165) is 122 Å². The van der Waals surface area contributed by atoms with Gasteiger partial charge in [-0.15, -0.1) is 11.3 Å². The third-order valence-corrected chi connectivity index (χ3v) is 13.4. The molecule has 0 bridgehead atoms. The largest absolute Gasteiger partial charge is 0.494 e. The van der Waals surface area contributed by atoms with Crippen LogP contribution in [0.3, 0.4) is 0 Å². The molecule has 66 heavy (non-hydrogen) atoms. The molecule has 0 saturated carbocycles. The Morgan fingerprint density at radius 3 is 2.05 bits per heavy atom. The average molecular weight is 915 g/mol. The lowest BCUT2D eigenvalue weighted by atomic mass is 9.91. The van der Waals surface area contributed by atoms with Crippen LogP contribution < -0.4 is 20.1 Å². The molecular weight excluding hydrogens is 853 g/mol. The van der Waals surface area contributed by atoms with Crippen LogP contribution in [-0.4, -0.2) is 106 Å². The first-order valence-electron chi connectivity index (χ1n) is 23.5. The van der Waals surface area contributed by atoms with Gasteiger partial charge in [0.25, 0.3) is 23.6 Å². The van der Waals surface area contributed by atoms with Gasteiger partial charge < -0.3 is 34.9 Å². The van der Waals surface area contributed by atoms with Gasteiger partial charge in [-0.05, 0) is 124 Å². The molecule has 2 saturated heterocycles. The molecule has 2 aliphatic rings. The van der Waals surface area contributed by atoms with Gasteiger partial charge in [-0.1, -0.05) is 31.7 Å². The number of aromatic nitrogens is 4. The van der Waals surface area contributed by atoms with Gasteiger partial charge in [0.15, 0.2) is 0 Å². The average Bonchev–Trinajstić information content (AvgIpc) is 4.00. The van der Waals surface area contributed by atoms with E-state index in [1.54, 1.807) is 43.1 Å². The molecular formula is C51H62N8O6S. The van der Waals surface area contributed by atoms with E-state index in [4.69, 9.17) is 9.47 Å². The van der Waals surface area contributed by atoms with Crippen LogP contribution in [-0.2, 0) is 0 Å². The SMILES string of the molecule is CCOc1cccc(C(=O)N2CCC(CCCCNC(=O)c3cc4cnccc4[nH]3)CC2)c1.CCOc1ncccc1C(=O)N1CCC(CCCCNC(=O)c2cc3ccncc3s2)CC1. The standard InChI is InChI=1S/C26H32N4O3.C25H30N4O3S/c1-2-33-22-8-5-7-20(16-22)26(32)30-14-10-19(11-15-30)6-3-4-12-28-25(31)24-17-21-18-27-13-9-23(21)29-24;1-2-32-24-20(7-5-12-28-24)25(31)29-14-9-18(10-15-29)6-3-4-11-27-23(30)21-16-19-8-13-26-17-22(19)33-21/h5,7-9,13,16-19,29H,2-4,6,10-12,14-15H2,1H3,(H,28,31);5,7-8,12-13,16-18H,2-4,6,9-11,14-15H2,1H3,(H,27,30). The van der Waals surface area contributed by atoms with E-state index in [-0.39, 0.29) is 23.6 Å². The number of carbonyl (C=O) groups is 4. The molecule has 0 atom stereocenters. The molecule has 0 spiro atoms. The summed E-state index contributed by atoms with van der Waals surface area (Å²) < 4.78 is 12.1. The lowest BCUT2D eigenvalue weighted by Gasteiger charge is -2.32. The minimum absolute atomic E-state index is 0.00438. The maximum Gasteiger partial charge on any atom is 0.267 e. The molecule has 1 aromatic carbocycles. The Balaban J connectivity index is 0.000000196. The number of hydrogen-bond donors (Lipinski definition) is 3. The van der Waals surface area contributed by atoms with Crippen molar-refractivity contribution in [1.29, 1.82) is 0 Å². The van der Waals surface area contributed by atoms with Gasteiger partial charge in [0.1, 0.15) is 17.0 Å². The molecule has 2 aliphatic heterocycles. The van der Waals surface area contributed by atoms with Gasteiger partial charge in [0.2, 0.25) is 5.88 Å². The number of thiophene rings is 1. The Bertz CT molecular complexity index is 2460. The molecule has 5 aromatic heterocycles. The molecule has 7 heterocycles. The van der Waals surface area contributed by atoms with Gasteiger partial charge in [-0.2, -0.15) is 0 Å². The first kappa shape index (κ1) is 47.6. The second-order valence-corrected chi connectivity index (χ2v) is 18.0. The number of pyridine rings is 3. The summed E-state index contributed by atoms with van der Waals surface area (Å²) in [5.41, 5.74) is 2.73. The van der Waals surface area contributed by atoms with E-state index in [1.165, 1.54) is 11.3 Å². The van der Waals surface area contributed by atoms with E-state index in [2.05, 4.69) is 30.6 Å². The Morgan fingerprint density at radius 1 is 0.697 bits per heavy atom. The van der Waals surface area contributed by atoms with Gasteiger partial charge in [0, 0.05) is 86.7 Å². The third-order valence-electron chi connectivity index (χ3n) is 12.3. The molecule has 15 heteroatoms. The molecule has 348 valence electrons. The topological polar surface area (TPSA) is 172 Å². The summed E-state index contributed by atoms with van der Waals surface area (Å²) in [5.74, 6) is 2.43. The number of amides is 4. The molecule has 8 rings (SSSR count). The Hall–Kier alpha value is -6.35. The summed E-state index contributed by atoms with van der Waals surface area (Å²) in [6.07, 6.45) is 19.1. The number of nitrogens with zero attached hydrogens (tertiary/aromatic N) is 5. The van der Waals surface area contributed by atoms with Crippen LogP contribution in [0.25, 0.3) is 21.0 Å².